The van der Waals surface area contributed by atoms with E-state index in [2.05, 4.69) is 25.9 Å². The predicted molar refractivity (Wildman–Crippen MR) is 92.4 cm³/mol. The topological polar surface area (TPSA) is 25.8 Å². The van der Waals surface area contributed by atoms with E-state index in [-0.39, 0.29) is 0 Å². The normalized spacial score (nSPS) is 11.1. The van der Waals surface area contributed by atoms with Crippen molar-refractivity contribution in [1.29, 1.82) is 0 Å². The summed E-state index contributed by atoms with van der Waals surface area (Å²) in [5.41, 5.74) is 2.44. The van der Waals surface area contributed by atoms with Crippen molar-refractivity contribution >= 4 is 61.6 Å². The highest BCUT2D eigenvalue weighted by Gasteiger charge is 2.14. The van der Waals surface area contributed by atoms with Crippen LogP contribution in [0.3, 0.4) is 0 Å². The van der Waals surface area contributed by atoms with E-state index in [4.69, 9.17) is 34.8 Å². The van der Waals surface area contributed by atoms with Crippen LogP contribution in [-0.4, -0.2) is 9.97 Å². The van der Waals surface area contributed by atoms with E-state index in [1.807, 2.05) is 25.1 Å². The molecule has 0 bridgehead atoms. The number of halogens is 4. The molecular formula is C15H8BrCl3N2. The van der Waals surface area contributed by atoms with Gasteiger partial charge in [0, 0.05) is 10.0 Å². The zero-order chi connectivity index (χ0) is 15.1. The van der Waals surface area contributed by atoms with Crippen LogP contribution in [0.2, 0.25) is 15.2 Å². The molecule has 3 aromatic rings. The molecule has 2 nitrogen and oxygen atoms in total. The van der Waals surface area contributed by atoms with Gasteiger partial charge >= 0.3 is 0 Å². The van der Waals surface area contributed by atoms with Gasteiger partial charge in [0.05, 0.1) is 20.9 Å². The fourth-order valence-electron chi connectivity index (χ4n) is 2.08. The summed E-state index contributed by atoms with van der Waals surface area (Å²) in [7, 11) is 0. The lowest BCUT2D eigenvalue weighted by atomic mass is 10.1. The van der Waals surface area contributed by atoms with Crippen molar-refractivity contribution in [3.05, 3.63) is 55.6 Å². The second kappa shape index (κ2) is 5.73. The molecule has 2 aromatic carbocycles. The first-order valence-corrected chi connectivity index (χ1v) is 7.98. The number of benzene rings is 2. The van der Waals surface area contributed by atoms with Crippen LogP contribution in [-0.2, 0) is 0 Å². The van der Waals surface area contributed by atoms with E-state index in [1.54, 1.807) is 12.1 Å². The Morgan fingerprint density at radius 3 is 2.43 bits per heavy atom. The Balaban J connectivity index is 2.33. The smallest absolute Gasteiger partial charge is 0.163 e. The van der Waals surface area contributed by atoms with E-state index in [1.165, 1.54) is 0 Å². The van der Waals surface area contributed by atoms with Gasteiger partial charge in [0.2, 0.25) is 0 Å². The van der Waals surface area contributed by atoms with E-state index >= 15 is 0 Å². The number of rotatable bonds is 1. The zero-order valence-corrected chi connectivity index (χ0v) is 14.6. The quantitative estimate of drug-likeness (QED) is 0.445. The van der Waals surface area contributed by atoms with Gasteiger partial charge in [0.1, 0.15) is 5.15 Å². The van der Waals surface area contributed by atoms with Gasteiger partial charge in [-0.05, 0) is 36.8 Å². The molecule has 0 N–H and O–H groups in total. The van der Waals surface area contributed by atoms with Crippen molar-refractivity contribution in [3.63, 3.8) is 0 Å². The number of aromatic nitrogens is 2. The molecule has 0 saturated carbocycles. The Hall–Kier alpha value is -0.870. The maximum absolute atomic E-state index is 6.29. The average molecular weight is 403 g/mol. The Morgan fingerprint density at radius 2 is 1.71 bits per heavy atom. The largest absolute Gasteiger partial charge is 0.228 e. The van der Waals surface area contributed by atoms with Crippen LogP contribution >= 0.6 is 50.7 Å². The molecule has 0 saturated heterocycles. The lowest BCUT2D eigenvalue weighted by molar-refractivity contribution is 1.22. The Kier molecular flexibility index (Phi) is 4.10. The molecule has 1 aromatic heterocycles. The van der Waals surface area contributed by atoms with Crippen molar-refractivity contribution in [2.75, 3.05) is 0 Å². The molecular weight excluding hydrogens is 394 g/mol. The Labute approximate surface area is 145 Å². The lowest BCUT2D eigenvalue weighted by Crippen LogP contribution is -1.95. The number of hydrogen-bond acceptors (Lipinski definition) is 2. The first kappa shape index (κ1) is 15.0. The molecule has 0 aliphatic carbocycles. The maximum atomic E-state index is 6.29. The summed E-state index contributed by atoms with van der Waals surface area (Å²) in [6.07, 6.45) is 0. The average Bonchev–Trinajstić information content (AvgIpc) is 2.42. The van der Waals surface area contributed by atoms with Crippen LogP contribution in [0.15, 0.2) is 34.8 Å². The van der Waals surface area contributed by atoms with Gasteiger partial charge in [-0.2, -0.15) is 0 Å². The van der Waals surface area contributed by atoms with Gasteiger partial charge in [0.25, 0.3) is 0 Å². The van der Waals surface area contributed by atoms with Gasteiger partial charge in [-0.1, -0.05) is 56.8 Å². The molecule has 106 valence electrons. The molecule has 0 aliphatic rings. The molecule has 0 unspecified atom stereocenters. The number of aryl methyl sites for hydroxylation is 1. The van der Waals surface area contributed by atoms with Crippen molar-refractivity contribution in [2.45, 2.75) is 6.92 Å². The van der Waals surface area contributed by atoms with Crippen molar-refractivity contribution in [3.8, 4) is 11.4 Å². The van der Waals surface area contributed by atoms with Crippen LogP contribution in [0.1, 0.15) is 5.56 Å². The van der Waals surface area contributed by atoms with Crippen LogP contribution in [0.25, 0.3) is 22.3 Å². The third kappa shape index (κ3) is 2.76. The molecule has 0 atom stereocenters. The zero-order valence-electron chi connectivity index (χ0n) is 10.8. The summed E-state index contributed by atoms with van der Waals surface area (Å²) in [6, 6.07) is 9.22. The van der Waals surface area contributed by atoms with E-state index in [9.17, 15) is 0 Å². The predicted octanol–water partition coefficient (Wildman–Crippen LogP) is 6.33. The Morgan fingerprint density at radius 1 is 0.952 bits per heavy atom. The molecule has 0 amide bonds. The summed E-state index contributed by atoms with van der Waals surface area (Å²) in [6.45, 7) is 1.95. The molecule has 0 aliphatic heterocycles. The maximum Gasteiger partial charge on any atom is 0.163 e. The van der Waals surface area contributed by atoms with Crippen LogP contribution in [0.5, 0.6) is 0 Å². The third-order valence-electron chi connectivity index (χ3n) is 3.13. The second-order valence-corrected chi connectivity index (χ2v) is 6.64. The molecule has 1 heterocycles. The van der Waals surface area contributed by atoms with Crippen molar-refractivity contribution in [1.82, 2.24) is 9.97 Å². The summed E-state index contributed by atoms with van der Waals surface area (Å²) < 4.78 is 0.891. The lowest BCUT2D eigenvalue weighted by Gasteiger charge is -2.09. The summed E-state index contributed by atoms with van der Waals surface area (Å²) in [5.74, 6) is 0.482. The molecule has 0 spiro atoms. The number of nitrogens with zero attached hydrogens (tertiary/aromatic N) is 2. The monoisotopic (exact) mass is 400 g/mol. The van der Waals surface area contributed by atoms with E-state index in [0.717, 1.165) is 21.1 Å². The van der Waals surface area contributed by atoms with E-state index < -0.39 is 0 Å². The van der Waals surface area contributed by atoms with Crippen LogP contribution in [0, 0.1) is 6.92 Å². The first-order valence-electron chi connectivity index (χ1n) is 6.05. The highest BCUT2D eigenvalue weighted by molar-refractivity contribution is 9.10. The van der Waals surface area contributed by atoms with Gasteiger partial charge in [0.15, 0.2) is 5.82 Å². The SMILES string of the molecule is Cc1ccc(Cl)c2c(Cl)nc(-c3ccc(Br)cc3Cl)nc12. The Bertz CT molecular complexity index is 865. The minimum Gasteiger partial charge on any atom is -0.228 e. The molecule has 0 radical (unpaired) electrons. The van der Waals surface area contributed by atoms with Gasteiger partial charge < -0.3 is 0 Å². The highest BCUT2D eigenvalue weighted by atomic mass is 79.9. The van der Waals surface area contributed by atoms with Crippen molar-refractivity contribution in [2.24, 2.45) is 0 Å². The number of fused-ring (bicyclic) bond motifs is 1. The van der Waals surface area contributed by atoms with Gasteiger partial charge in [-0.25, -0.2) is 9.97 Å². The molecule has 0 fully saturated rings. The van der Waals surface area contributed by atoms with Crippen LogP contribution < -0.4 is 0 Å². The van der Waals surface area contributed by atoms with Crippen LogP contribution in [0.4, 0.5) is 0 Å². The summed E-state index contributed by atoms with van der Waals surface area (Å²) in [4.78, 5) is 8.91. The summed E-state index contributed by atoms with van der Waals surface area (Å²) >= 11 is 22.1. The van der Waals surface area contributed by atoms with E-state index in [0.29, 0.717) is 26.4 Å². The molecule has 21 heavy (non-hydrogen) atoms. The van der Waals surface area contributed by atoms with Gasteiger partial charge in [-0.15, -0.1) is 0 Å². The minimum absolute atomic E-state index is 0.322. The fraction of sp³-hybridized carbons (Fsp3) is 0.0667. The van der Waals surface area contributed by atoms with Crippen molar-refractivity contribution < 1.29 is 0 Å². The first-order chi connectivity index (χ1) is 9.97. The summed E-state index contributed by atoms with van der Waals surface area (Å²) in [5, 5.41) is 2.08. The fourth-order valence-corrected chi connectivity index (χ4v) is 3.40. The number of hydrogen-bond donors (Lipinski definition) is 0. The molecule has 6 heteroatoms. The second-order valence-electron chi connectivity index (χ2n) is 4.55. The minimum atomic E-state index is 0.322. The standard InChI is InChI=1S/C15H8BrCl3N2/c1-7-2-5-10(17)12-13(7)20-15(21-14(12)19)9-4-3-8(16)6-11(9)18/h2-6H,1H3. The third-order valence-corrected chi connectivity index (χ3v) is 4.52. The van der Waals surface area contributed by atoms with Gasteiger partial charge in [-0.3, -0.25) is 0 Å². The highest BCUT2D eigenvalue weighted by Crippen LogP contribution is 2.34. The molecule has 3 rings (SSSR count).